The highest BCUT2D eigenvalue weighted by Crippen LogP contribution is 2.14. The Morgan fingerprint density at radius 2 is 1.40 bits per heavy atom. The number of carbonyl (C=O) groups excluding carboxylic acids is 3. The molecule has 11 nitrogen and oxygen atoms in total. The zero-order valence-corrected chi connectivity index (χ0v) is 30.6. The minimum absolute atomic E-state index is 0.0141. The highest BCUT2D eigenvalue weighted by molar-refractivity contribution is 5.94. The van der Waals surface area contributed by atoms with Crippen LogP contribution in [-0.4, -0.2) is 65.5 Å². The largest absolute Gasteiger partial charge is 0.481 e. The molecule has 0 saturated heterocycles. The lowest BCUT2D eigenvalue weighted by Gasteiger charge is -2.18. The molecule has 6 N–H and O–H groups in total. The Morgan fingerprint density at radius 3 is 1.94 bits per heavy atom. The predicted octanol–water partition coefficient (Wildman–Crippen LogP) is 5.86. The maximum atomic E-state index is 12.5. The molecule has 0 spiro atoms. The summed E-state index contributed by atoms with van der Waals surface area (Å²) in [5, 5.41) is 30.2. The summed E-state index contributed by atoms with van der Waals surface area (Å²) >= 11 is 0. The zero-order chi connectivity index (χ0) is 38.1. The summed E-state index contributed by atoms with van der Waals surface area (Å²) in [5.74, 6) is -2.56. The molecule has 0 aromatic heterocycles. The van der Waals surface area contributed by atoms with E-state index in [9.17, 15) is 24.0 Å². The average Bonchev–Trinajstić information content (AvgIpc) is 3.11. The van der Waals surface area contributed by atoms with E-state index < -0.39 is 23.9 Å². The number of rotatable bonds is 15. The van der Waals surface area contributed by atoms with E-state index in [0.717, 1.165) is 11.1 Å². The van der Waals surface area contributed by atoms with E-state index in [0.29, 0.717) is 18.7 Å². The Hall–Kier alpha value is -5.03. The van der Waals surface area contributed by atoms with Gasteiger partial charge in [-0.15, -0.1) is 0 Å². The van der Waals surface area contributed by atoms with Crippen LogP contribution in [0.1, 0.15) is 82.3 Å². The van der Waals surface area contributed by atoms with Gasteiger partial charge in [0.25, 0.3) is 5.91 Å². The van der Waals surface area contributed by atoms with Crippen molar-refractivity contribution in [2.45, 2.75) is 80.3 Å². The molecule has 50 heavy (non-hydrogen) atoms. The number of benzene rings is 3. The molecule has 0 aliphatic carbocycles. The summed E-state index contributed by atoms with van der Waals surface area (Å²) in [4.78, 5) is 56.9. The Balaban J connectivity index is 0.00000108. The number of carbonyl (C=O) groups is 5. The molecular formula is C39H56N4O7. The number of aryl methyl sites for hydroxylation is 1. The van der Waals surface area contributed by atoms with Crippen LogP contribution in [0.4, 0.5) is 0 Å². The van der Waals surface area contributed by atoms with Crippen LogP contribution in [0.2, 0.25) is 0 Å². The van der Waals surface area contributed by atoms with Crippen LogP contribution in [-0.2, 0) is 25.7 Å². The Bertz CT molecular complexity index is 1500. The summed E-state index contributed by atoms with van der Waals surface area (Å²) in [7, 11) is 0. The van der Waals surface area contributed by atoms with E-state index in [1.54, 1.807) is 31.2 Å². The van der Waals surface area contributed by atoms with Crippen LogP contribution in [0.5, 0.6) is 0 Å². The summed E-state index contributed by atoms with van der Waals surface area (Å²) < 4.78 is 0. The molecule has 11 heteroatoms. The summed E-state index contributed by atoms with van der Waals surface area (Å²) in [5.41, 5.74) is 3.51. The van der Waals surface area contributed by atoms with Gasteiger partial charge in [0.1, 0.15) is 6.04 Å². The lowest BCUT2D eigenvalue weighted by molar-refractivity contribution is -0.138. The van der Waals surface area contributed by atoms with Crippen molar-refractivity contribution in [3.8, 4) is 0 Å². The molecule has 0 aliphatic heterocycles. The van der Waals surface area contributed by atoms with E-state index in [1.807, 2.05) is 34.6 Å². The number of carboxylic acid groups (broad SMARTS) is 2. The molecule has 0 heterocycles. The lowest BCUT2D eigenvalue weighted by Crippen LogP contribution is -2.49. The first-order chi connectivity index (χ1) is 23.8. The molecule has 0 radical (unpaired) electrons. The van der Waals surface area contributed by atoms with Gasteiger partial charge in [0.05, 0.1) is 6.54 Å². The number of carboxylic acids is 2. The van der Waals surface area contributed by atoms with Crippen molar-refractivity contribution in [1.82, 2.24) is 21.3 Å². The Labute approximate surface area is 296 Å². The third-order valence-electron chi connectivity index (χ3n) is 7.02. The number of amides is 3. The first-order valence-corrected chi connectivity index (χ1v) is 17.0. The summed E-state index contributed by atoms with van der Waals surface area (Å²) in [6.45, 7) is 18.7. The van der Waals surface area contributed by atoms with Crippen LogP contribution < -0.4 is 21.3 Å². The number of likely N-dealkylation sites (N-methyl/N-ethyl adjacent to an activating group) is 1. The second-order valence-corrected chi connectivity index (χ2v) is 11.3. The normalized spacial score (nSPS) is 10.5. The molecule has 274 valence electrons. The Morgan fingerprint density at radius 1 is 0.800 bits per heavy atom. The van der Waals surface area contributed by atoms with Crippen molar-refractivity contribution in [1.29, 1.82) is 0 Å². The number of hydrogen-bond acceptors (Lipinski definition) is 6. The number of nitrogens with one attached hydrogen (secondary N) is 4. The van der Waals surface area contributed by atoms with Crippen LogP contribution in [0, 0.1) is 12.8 Å². The van der Waals surface area contributed by atoms with E-state index in [2.05, 4.69) is 77.2 Å². The van der Waals surface area contributed by atoms with Crippen molar-refractivity contribution < 1.29 is 34.2 Å². The Kier molecular flexibility index (Phi) is 23.3. The van der Waals surface area contributed by atoms with Gasteiger partial charge in [-0.25, -0.2) is 0 Å². The third-order valence-corrected chi connectivity index (χ3v) is 7.02. The van der Waals surface area contributed by atoms with E-state index in [1.165, 1.54) is 16.3 Å². The first-order valence-electron chi connectivity index (χ1n) is 17.0. The molecule has 1 atom stereocenters. The molecule has 0 aliphatic rings. The van der Waals surface area contributed by atoms with Gasteiger partial charge in [-0.1, -0.05) is 114 Å². The van der Waals surface area contributed by atoms with Crippen molar-refractivity contribution >= 4 is 40.4 Å². The fourth-order valence-corrected chi connectivity index (χ4v) is 3.92. The maximum Gasteiger partial charge on any atom is 0.303 e. The zero-order valence-electron chi connectivity index (χ0n) is 30.6. The molecule has 3 aromatic rings. The molecule has 3 amide bonds. The number of hydrogen-bond donors (Lipinski definition) is 6. The van der Waals surface area contributed by atoms with Crippen LogP contribution >= 0.6 is 0 Å². The lowest BCUT2D eigenvalue weighted by atomic mass is 10.1. The topological polar surface area (TPSA) is 174 Å². The van der Waals surface area contributed by atoms with Crippen molar-refractivity contribution in [3.05, 3.63) is 95.6 Å². The van der Waals surface area contributed by atoms with Crippen molar-refractivity contribution in [3.63, 3.8) is 0 Å². The van der Waals surface area contributed by atoms with Crippen LogP contribution in [0.3, 0.4) is 0 Å². The van der Waals surface area contributed by atoms with E-state index in [-0.39, 0.29) is 50.1 Å². The SMILES string of the molecule is C=C(CNC(=O)c1ccc(CNC(=O)C(CCC(=O)O)NC(=O)CNCC)cc1)C(C)C.CC.CCC(=O)O.Cc1ccc2ccccc2c1. The van der Waals surface area contributed by atoms with Gasteiger partial charge in [-0.2, -0.15) is 0 Å². The molecule has 1 unspecified atom stereocenters. The molecule has 3 rings (SSSR count). The summed E-state index contributed by atoms with van der Waals surface area (Å²) in [6.07, 6.45) is -0.0353. The van der Waals surface area contributed by atoms with Gasteiger partial charge in [0, 0.05) is 31.5 Å². The predicted molar refractivity (Wildman–Crippen MR) is 200 cm³/mol. The minimum atomic E-state index is -1.05. The number of aliphatic carboxylic acids is 2. The molecular weight excluding hydrogens is 636 g/mol. The monoisotopic (exact) mass is 692 g/mol. The quantitative estimate of drug-likeness (QED) is 0.107. The van der Waals surface area contributed by atoms with Gasteiger partial charge < -0.3 is 31.5 Å². The highest BCUT2D eigenvalue weighted by Gasteiger charge is 2.21. The molecule has 0 saturated carbocycles. The summed E-state index contributed by atoms with van der Waals surface area (Å²) in [6, 6.07) is 20.7. The maximum absolute atomic E-state index is 12.5. The number of fused-ring (bicyclic) bond motifs is 1. The smallest absolute Gasteiger partial charge is 0.303 e. The average molecular weight is 693 g/mol. The van der Waals surface area contributed by atoms with E-state index in [4.69, 9.17) is 10.2 Å². The fraction of sp³-hybridized carbons (Fsp3) is 0.410. The third kappa shape index (κ3) is 19.7. The molecule has 0 bridgehead atoms. The van der Waals surface area contributed by atoms with Gasteiger partial charge in [0.2, 0.25) is 11.8 Å². The van der Waals surface area contributed by atoms with Crippen LogP contribution in [0.15, 0.2) is 78.9 Å². The van der Waals surface area contributed by atoms with Gasteiger partial charge in [0.15, 0.2) is 0 Å². The van der Waals surface area contributed by atoms with Gasteiger partial charge in [-0.05, 0) is 54.3 Å². The second-order valence-electron chi connectivity index (χ2n) is 11.3. The van der Waals surface area contributed by atoms with Gasteiger partial charge >= 0.3 is 11.9 Å². The van der Waals surface area contributed by atoms with Crippen molar-refractivity contribution in [2.75, 3.05) is 19.6 Å². The molecule has 3 aromatic carbocycles. The van der Waals surface area contributed by atoms with Crippen molar-refractivity contribution in [2.24, 2.45) is 5.92 Å². The second kappa shape index (κ2) is 25.9. The van der Waals surface area contributed by atoms with E-state index >= 15 is 0 Å². The first kappa shape index (κ1) is 45.0. The van der Waals surface area contributed by atoms with Crippen LogP contribution in [0.25, 0.3) is 10.8 Å². The highest BCUT2D eigenvalue weighted by atomic mass is 16.4. The molecule has 0 fully saturated rings. The van der Waals surface area contributed by atoms with Gasteiger partial charge in [-0.3, -0.25) is 24.0 Å². The fourth-order valence-electron chi connectivity index (χ4n) is 3.92. The minimum Gasteiger partial charge on any atom is -0.481 e. The standard InChI is InChI=1S/C23H34N4O5.C11H10.C3H6O2.C2H6/c1-5-24-14-20(28)27-19(10-11-21(29)30)23(32)26-13-17-6-8-18(9-7-17)22(31)25-12-16(4)15(2)3;1-9-6-7-10-4-2-3-5-11(10)8-9;1-2-3(4)5;1-2/h6-9,15,19,24H,4-5,10-14H2,1-3H3,(H,25,31)(H,26,32)(H,27,28)(H,29,30);2-8H,1H3;2H2,1H3,(H,4,5);1-2H3.